The number of rotatable bonds is 6. The van der Waals surface area contributed by atoms with Gasteiger partial charge in [-0.25, -0.2) is 9.07 Å². The summed E-state index contributed by atoms with van der Waals surface area (Å²) >= 11 is 0. The number of aliphatic hydroxyl groups is 3. The molecule has 1 fully saturated rings. The minimum Gasteiger partial charge on any atom is -0.394 e. The predicted molar refractivity (Wildman–Crippen MR) is 115 cm³/mol. The molecule has 1 saturated heterocycles. The van der Waals surface area contributed by atoms with Gasteiger partial charge in [-0.15, -0.1) is 5.10 Å². The number of amides is 1. The standard InChI is InChI=1S/C23H25FN4O5/c1-27(19(30)10-14-6-3-2-4-7-14)23-22(32)20(21(31)18(13-29)33-23)28-12-17(25-26-28)15-8-5-9-16(24)11-15/h2-9,11-12,18,20-23,29,31-32H,10,13H2,1H3/t18?,20?,21-,22-,23+/m0/s1. The van der Waals surface area contributed by atoms with E-state index < -0.39 is 43.0 Å². The first-order valence-electron chi connectivity index (χ1n) is 10.5. The Morgan fingerprint density at radius 3 is 2.61 bits per heavy atom. The second-order valence-corrected chi connectivity index (χ2v) is 7.98. The van der Waals surface area contributed by atoms with Crippen LogP contribution in [0.1, 0.15) is 11.6 Å². The van der Waals surface area contributed by atoms with E-state index in [1.54, 1.807) is 6.07 Å². The third kappa shape index (κ3) is 4.79. The summed E-state index contributed by atoms with van der Waals surface area (Å²) in [5, 5.41) is 39.6. The maximum atomic E-state index is 13.6. The van der Waals surface area contributed by atoms with Gasteiger partial charge < -0.3 is 25.0 Å². The van der Waals surface area contributed by atoms with Crippen LogP contribution in [0, 0.1) is 5.82 Å². The van der Waals surface area contributed by atoms with E-state index in [1.165, 1.54) is 41.0 Å². The first-order chi connectivity index (χ1) is 15.9. The molecule has 2 aromatic carbocycles. The summed E-state index contributed by atoms with van der Waals surface area (Å²) in [5.41, 5.74) is 1.61. The minimum atomic E-state index is -1.38. The summed E-state index contributed by atoms with van der Waals surface area (Å²) < 4.78 is 20.5. The normalized spacial score (nSPS) is 25.1. The number of nitrogens with zero attached hydrogens (tertiary/aromatic N) is 4. The number of halogens is 1. The Balaban J connectivity index is 1.58. The molecule has 3 aromatic rings. The summed E-state index contributed by atoms with van der Waals surface area (Å²) in [6.45, 7) is -0.535. The van der Waals surface area contributed by atoms with Crippen molar-refractivity contribution < 1.29 is 29.2 Å². The lowest BCUT2D eigenvalue weighted by Crippen LogP contribution is -2.61. The van der Waals surface area contributed by atoms with E-state index >= 15 is 0 Å². The monoisotopic (exact) mass is 456 g/mol. The van der Waals surface area contributed by atoms with Crippen molar-refractivity contribution >= 4 is 5.91 Å². The van der Waals surface area contributed by atoms with Crippen LogP contribution in [0.25, 0.3) is 11.3 Å². The van der Waals surface area contributed by atoms with E-state index in [-0.39, 0.29) is 12.3 Å². The van der Waals surface area contributed by atoms with Crippen molar-refractivity contribution in [3.63, 3.8) is 0 Å². The van der Waals surface area contributed by atoms with E-state index in [1.807, 2.05) is 30.3 Å². The average molecular weight is 456 g/mol. The Bertz CT molecular complexity index is 1100. The fraction of sp³-hybridized carbons (Fsp3) is 0.348. The number of benzene rings is 2. The van der Waals surface area contributed by atoms with Gasteiger partial charge in [-0.05, 0) is 17.7 Å². The summed E-state index contributed by atoms with van der Waals surface area (Å²) in [6, 6.07) is 13.8. The van der Waals surface area contributed by atoms with Crippen LogP contribution in [0.5, 0.6) is 0 Å². The Labute approximate surface area is 189 Å². The Kier molecular flexibility index (Phi) is 6.80. The van der Waals surface area contributed by atoms with Crippen LogP contribution in [0.3, 0.4) is 0 Å². The van der Waals surface area contributed by atoms with Gasteiger partial charge in [-0.3, -0.25) is 4.79 Å². The zero-order valence-electron chi connectivity index (χ0n) is 17.9. The lowest BCUT2D eigenvalue weighted by molar-refractivity contribution is -0.241. The van der Waals surface area contributed by atoms with Crippen molar-refractivity contribution in [2.24, 2.45) is 0 Å². The molecule has 174 valence electrons. The molecule has 5 atom stereocenters. The van der Waals surface area contributed by atoms with E-state index in [9.17, 15) is 24.5 Å². The second-order valence-electron chi connectivity index (χ2n) is 7.98. The highest BCUT2D eigenvalue weighted by Crippen LogP contribution is 2.32. The van der Waals surface area contributed by atoms with Crippen molar-refractivity contribution in [2.75, 3.05) is 13.7 Å². The van der Waals surface area contributed by atoms with Crippen molar-refractivity contribution in [1.82, 2.24) is 19.9 Å². The lowest BCUT2D eigenvalue weighted by atomic mass is 9.94. The number of hydrogen-bond acceptors (Lipinski definition) is 7. The highest BCUT2D eigenvalue weighted by molar-refractivity contribution is 5.78. The first-order valence-corrected chi connectivity index (χ1v) is 10.5. The van der Waals surface area contributed by atoms with Gasteiger partial charge in [0.15, 0.2) is 6.23 Å². The Morgan fingerprint density at radius 2 is 1.91 bits per heavy atom. The predicted octanol–water partition coefficient (Wildman–Crippen LogP) is 0.765. The highest BCUT2D eigenvalue weighted by atomic mass is 19.1. The summed E-state index contributed by atoms with van der Waals surface area (Å²) in [6.07, 6.45) is -3.37. The van der Waals surface area contributed by atoms with Gasteiger partial charge in [-0.1, -0.05) is 47.7 Å². The maximum absolute atomic E-state index is 13.6. The van der Waals surface area contributed by atoms with E-state index in [0.29, 0.717) is 11.3 Å². The molecule has 1 aromatic heterocycles. The van der Waals surface area contributed by atoms with E-state index in [2.05, 4.69) is 10.3 Å². The van der Waals surface area contributed by atoms with Crippen molar-refractivity contribution in [3.8, 4) is 11.3 Å². The van der Waals surface area contributed by atoms with Crippen LogP contribution in [0.15, 0.2) is 60.8 Å². The number of aromatic nitrogens is 3. The van der Waals surface area contributed by atoms with Crippen molar-refractivity contribution in [3.05, 3.63) is 72.2 Å². The van der Waals surface area contributed by atoms with Crippen molar-refractivity contribution in [2.45, 2.75) is 37.0 Å². The molecular formula is C23H25FN4O5. The van der Waals surface area contributed by atoms with Crippen LogP contribution < -0.4 is 0 Å². The first kappa shape index (κ1) is 23.0. The molecule has 0 radical (unpaired) electrons. The molecular weight excluding hydrogens is 431 g/mol. The van der Waals surface area contributed by atoms with Crippen LogP contribution in [-0.2, 0) is 16.0 Å². The topological polar surface area (TPSA) is 121 Å². The molecule has 0 bridgehead atoms. The lowest BCUT2D eigenvalue weighted by Gasteiger charge is -2.45. The smallest absolute Gasteiger partial charge is 0.228 e. The summed E-state index contributed by atoms with van der Waals surface area (Å²) in [5.74, 6) is -0.747. The highest BCUT2D eigenvalue weighted by Gasteiger charge is 2.48. The minimum absolute atomic E-state index is 0.0912. The molecule has 2 unspecified atom stereocenters. The van der Waals surface area contributed by atoms with Crippen LogP contribution in [0.4, 0.5) is 4.39 Å². The number of hydrogen-bond donors (Lipinski definition) is 3. The van der Waals surface area contributed by atoms with Crippen LogP contribution in [-0.4, -0.2) is 79.3 Å². The van der Waals surface area contributed by atoms with Gasteiger partial charge in [0, 0.05) is 12.6 Å². The third-order valence-corrected chi connectivity index (χ3v) is 5.78. The number of carbonyl (C=O) groups is 1. The fourth-order valence-corrected chi connectivity index (χ4v) is 3.95. The fourth-order valence-electron chi connectivity index (χ4n) is 3.95. The van der Waals surface area contributed by atoms with Gasteiger partial charge >= 0.3 is 0 Å². The molecule has 10 heteroatoms. The van der Waals surface area contributed by atoms with Crippen LogP contribution >= 0.6 is 0 Å². The average Bonchev–Trinajstić information content (AvgIpc) is 3.29. The summed E-state index contributed by atoms with van der Waals surface area (Å²) in [7, 11) is 1.49. The van der Waals surface area contributed by atoms with E-state index in [0.717, 1.165) is 5.56 Å². The molecule has 2 heterocycles. The molecule has 3 N–H and O–H groups in total. The maximum Gasteiger partial charge on any atom is 0.228 e. The van der Waals surface area contributed by atoms with E-state index in [4.69, 9.17) is 4.74 Å². The van der Waals surface area contributed by atoms with Crippen LogP contribution in [0.2, 0.25) is 0 Å². The summed E-state index contributed by atoms with van der Waals surface area (Å²) in [4.78, 5) is 14.1. The SMILES string of the molecule is CN(C(=O)Cc1ccccc1)[C@@H]1OC(CO)[C@H](O)C(n2cc(-c3cccc(F)c3)nn2)[C@@H]1O. The van der Waals surface area contributed by atoms with Gasteiger partial charge in [0.25, 0.3) is 0 Å². The molecule has 0 aliphatic carbocycles. The van der Waals surface area contributed by atoms with Crippen molar-refractivity contribution in [1.29, 1.82) is 0 Å². The second kappa shape index (κ2) is 9.75. The zero-order chi connectivity index (χ0) is 23.5. The third-order valence-electron chi connectivity index (χ3n) is 5.78. The molecule has 1 amide bonds. The molecule has 0 spiro atoms. The molecule has 9 nitrogen and oxygen atoms in total. The molecule has 1 aliphatic heterocycles. The molecule has 33 heavy (non-hydrogen) atoms. The van der Waals surface area contributed by atoms with Gasteiger partial charge in [-0.2, -0.15) is 0 Å². The van der Waals surface area contributed by atoms with Gasteiger partial charge in [0.1, 0.15) is 35.9 Å². The molecule has 1 aliphatic rings. The van der Waals surface area contributed by atoms with Gasteiger partial charge in [0.05, 0.1) is 19.2 Å². The van der Waals surface area contributed by atoms with Gasteiger partial charge in [0.2, 0.25) is 5.91 Å². The number of ether oxygens (including phenoxy) is 1. The molecule has 4 rings (SSSR count). The number of carbonyl (C=O) groups excluding carboxylic acids is 1. The number of aliphatic hydroxyl groups excluding tert-OH is 3. The Hall–Kier alpha value is -3.18. The quantitative estimate of drug-likeness (QED) is 0.501. The largest absolute Gasteiger partial charge is 0.394 e. The zero-order valence-corrected chi connectivity index (χ0v) is 17.9. The number of likely N-dealkylation sites (N-methyl/N-ethyl adjacent to an activating group) is 1. The Morgan fingerprint density at radius 1 is 1.15 bits per heavy atom. The molecule has 0 saturated carbocycles.